The first kappa shape index (κ1) is 42.6. The Morgan fingerprint density at radius 1 is 0.774 bits per heavy atom. The fourth-order valence-electron chi connectivity index (χ4n) is 9.51. The minimum Gasteiger partial charge on any atom is -0.457 e. The zero-order valence-corrected chi connectivity index (χ0v) is 36.8. The number of ether oxygens (including phenoxy) is 3. The third-order valence-electron chi connectivity index (χ3n) is 13.0. The monoisotopic (exact) mass is 846 g/mol. The number of nitrogens with one attached hydrogen (secondary N) is 4. The molecule has 4 N–H and O–H groups in total. The van der Waals surface area contributed by atoms with E-state index in [0.717, 1.165) is 87.7 Å². The van der Waals surface area contributed by atoms with E-state index in [4.69, 9.17) is 24.2 Å². The normalized spacial score (nSPS) is 21.1. The second-order valence-corrected chi connectivity index (χ2v) is 18.1. The zero-order valence-electron chi connectivity index (χ0n) is 36.8. The predicted octanol–water partition coefficient (Wildman–Crippen LogP) is 7.12. The minimum atomic E-state index is -0.701. The summed E-state index contributed by atoms with van der Waals surface area (Å²) in [6.07, 6.45) is 2.02. The number of nitrogens with zero attached hydrogens (tertiary/aromatic N) is 4. The second-order valence-electron chi connectivity index (χ2n) is 18.1. The number of aliphatic imine (C=N–C) groups is 1. The Bertz CT molecular complexity index is 2420. The molecule has 0 bridgehead atoms. The van der Waals surface area contributed by atoms with E-state index in [-0.39, 0.29) is 47.2 Å². The molecular weight excluding hydrogens is 789 g/mol. The number of carbonyl (C=O) groups is 4. The summed E-state index contributed by atoms with van der Waals surface area (Å²) in [6.45, 7) is 13.8. The second kappa shape index (κ2) is 17.0. The Labute approximate surface area is 362 Å². The number of amides is 4. The van der Waals surface area contributed by atoms with Crippen molar-refractivity contribution in [2.45, 2.75) is 103 Å². The first-order valence-electron chi connectivity index (χ1n) is 21.8. The fraction of sp³-hybridized carbons (Fsp3) is 0.489. The SMILES string of the molecule is COC(=O)N[C@H](C(=O)N1CCC[C@H]1C1=NCC(c2ccc3c(c2)C(C)(C)c2ccc(-c4ccc5nc([C@@H]6CCCN6C(=O)[C@@H](NC(=O)OC)C(C)C)[nH]c5c4)cc2O3)N1)C(C)C. The molecule has 8 rings (SSSR count). The molecule has 1 aromatic heterocycles. The molecule has 2 fully saturated rings. The highest BCUT2D eigenvalue weighted by Crippen LogP contribution is 2.49. The van der Waals surface area contributed by atoms with Gasteiger partial charge in [-0.15, -0.1) is 0 Å². The molecule has 4 aliphatic heterocycles. The Balaban J connectivity index is 0.969. The minimum absolute atomic E-state index is 0.0582. The van der Waals surface area contributed by atoms with E-state index in [2.05, 4.69) is 77.2 Å². The van der Waals surface area contributed by atoms with Crippen molar-refractivity contribution in [1.82, 2.24) is 35.7 Å². The molecule has 0 spiro atoms. The number of aromatic nitrogens is 2. The highest BCUT2D eigenvalue weighted by molar-refractivity contribution is 5.95. The number of rotatable bonds is 10. The molecule has 5 atom stereocenters. The quantitative estimate of drug-likeness (QED) is 0.129. The third kappa shape index (κ3) is 7.93. The van der Waals surface area contributed by atoms with E-state index < -0.39 is 24.3 Å². The number of hydrogen-bond acceptors (Lipinski definition) is 10. The Morgan fingerprint density at radius 3 is 2.03 bits per heavy atom. The van der Waals surface area contributed by atoms with Crippen LogP contribution in [0.5, 0.6) is 11.5 Å². The fourth-order valence-corrected chi connectivity index (χ4v) is 9.51. The number of aromatic amines is 1. The van der Waals surface area contributed by atoms with Gasteiger partial charge in [0.05, 0.1) is 49.9 Å². The Morgan fingerprint density at radius 2 is 1.39 bits per heavy atom. The average molecular weight is 847 g/mol. The third-order valence-corrected chi connectivity index (χ3v) is 13.0. The van der Waals surface area contributed by atoms with Crippen LogP contribution in [0.15, 0.2) is 59.6 Å². The van der Waals surface area contributed by atoms with E-state index in [0.29, 0.717) is 19.6 Å². The van der Waals surface area contributed by atoms with Gasteiger partial charge in [0.15, 0.2) is 0 Å². The summed E-state index contributed by atoms with van der Waals surface area (Å²) in [6, 6.07) is 17.0. The number of alkyl carbamates (subject to hydrolysis) is 2. The van der Waals surface area contributed by atoms with Gasteiger partial charge < -0.3 is 44.9 Å². The van der Waals surface area contributed by atoms with Crippen molar-refractivity contribution in [3.63, 3.8) is 0 Å². The zero-order chi connectivity index (χ0) is 44.0. The number of hydrogen-bond donors (Lipinski definition) is 4. The van der Waals surface area contributed by atoms with E-state index in [1.807, 2.05) is 49.6 Å². The van der Waals surface area contributed by atoms with Crippen LogP contribution in [0.3, 0.4) is 0 Å². The summed E-state index contributed by atoms with van der Waals surface area (Å²) in [5.74, 6) is 2.65. The Hall–Kier alpha value is -6.12. The number of imidazole rings is 1. The molecule has 0 saturated carbocycles. The van der Waals surface area contributed by atoms with Crippen molar-refractivity contribution in [2.24, 2.45) is 16.8 Å². The molecule has 4 aliphatic rings. The molecule has 15 nitrogen and oxygen atoms in total. The summed E-state index contributed by atoms with van der Waals surface area (Å²) >= 11 is 0. The van der Waals surface area contributed by atoms with Gasteiger partial charge in [0.2, 0.25) is 11.8 Å². The molecule has 0 radical (unpaired) electrons. The lowest BCUT2D eigenvalue weighted by atomic mass is 9.74. The molecule has 2 saturated heterocycles. The highest BCUT2D eigenvalue weighted by Gasteiger charge is 2.41. The van der Waals surface area contributed by atoms with E-state index in [1.165, 1.54) is 14.2 Å². The van der Waals surface area contributed by atoms with E-state index in [9.17, 15) is 19.2 Å². The molecule has 15 heteroatoms. The summed E-state index contributed by atoms with van der Waals surface area (Å²) in [5.41, 5.74) is 6.60. The van der Waals surface area contributed by atoms with Gasteiger partial charge in [0.1, 0.15) is 35.2 Å². The smallest absolute Gasteiger partial charge is 0.407 e. The standard InChI is InChI=1S/C47H58N8O7/c1-25(2)39(52-45(58)60-7)43(56)54-19-9-11-35(54)41-48-24-34(51-41)29-15-18-37-31(21-29)47(5,6)30-16-13-28(23-38(30)62-37)27-14-17-32-33(22-27)50-42(49-32)36-12-10-20-55(36)44(57)40(26(3)4)53-46(59)61-8/h13-18,21-23,25-26,34-36,39-40H,9-12,19-20,24H2,1-8H3,(H,48,51)(H,49,50)(H,52,58)(H,53,59)/t34?,35-,36-,39-,40-/m0/s1. The lowest BCUT2D eigenvalue weighted by Gasteiger charge is -2.35. The first-order chi connectivity index (χ1) is 29.7. The summed E-state index contributed by atoms with van der Waals surface area (Å²) in [5, 5.41) is 9.09. The maximum absolute atomic E-state index is 13.7. The molecular formula is C47H58N8O7. The molecule has 328 valence electrons. The van der Waals surface area contributed by atoms with Gasteiger partial charge in [-0.1, -0.05) is 65.8 Å². The van der Waals surface area contributed by atoms with Crippen LogP contribution in [0.2, 0.25) is 0 Å². The molecule has 4 aromatic rings. The molecule has 3 aromatic carbocycles. The van der Waals surface area contributed by atoms with Gasteiger partial charge in [0.25, 0.3) is 0 Å². The molecule has 5 heterocycles. The molecule has 1 unspecified atom stereocenters. The predicted molar refractivity (Wildman–Crippen MR) is 235 cm³/mol. The topological polar surface area (TPSA) is 180 Å². The number of likely N-dealkylation sites (tertiary alicyclic amines) is 2. The van der Waals surface area contributed by atoms with Crippen LogP contribution in [0, 0.1) is 11.8 Å². The van der Waals surface area contributed by atoms with E-state index in [1.54, 1.807) is 0 Å². The number of amidine groups is 1. The maximum Gasteiger partial charge on any atom is 0.407 e. The van der Waals surface area contributed by atoms with Crippen LogP contribution < -0.4 is 20.7 Å². The number of H-pyrrole nitrogens is 1. The van der Waals surface area contributed by atoms with Crippen LogP contribution in [0.4, 0.5) is 9.59 Å². The number of carbonyl (C=O) groups excluding carboxylic acids is 4. The van der Waals surface area contributed by atoms with Crippen molar-refractivity contribution < 1.29 is 33.4 Å². The molecule has 4 amide bonds. The average Bonchev–Trinajstić information content (AvgIpc) is 4.10. The highest BCUT2D eigenvalue weighted by atomic mass is 16.5. The van der Waals surface area contributed by atoms with Gasteiger partial charge >= 0.3 is 12.2 Å². The number of methoxy groups -OCH3 is 2. The largest absolute Gasteiger partial charge is 0.457 e. The van der Waals surface area contributed by atoms with Crippen LogP contribution in [-0.4, -0.2) is 102 Å². The van der Waals surface area contributed by atoms with Gasteiger partial charge in [-0.3, -0.25) is 14.6 Å². The van der Waals surface area contributed by atoms with Crippen LogP contribution in [0.25, 0.3) is 22.2 Å². The maximum atomic E-state index is 13.7. The van der Waals surface area contributed by atoms with Crippen molar-refractivity contribution in [2.75, 3.05) is 33.9 Å². The van der Waals surface area contributed by atoms with Crippen molar-refractivity contribution >= 4 is 40.9 Å². The van der Waals surface area contributed by atoms with Gasteiger partial charge in [-0.2, -0.15) is 0 Å². The van der Waals surface area contributed by atoms with Crippen molar-refractivity contribution in [1.29, 1.82) is 0 Å². The van der Waals surface area contributed by atoms with Gasteiger partial charge in [-0.05, 0) is 84.5 Å². The Kier molecular flexibility index (Phi) is 11.7. The van der Waals surface area contributed by atoms with Crippen LogP contribution in [-0.2, 0) is 24.5 Å². The summed E-state index contributed by atoms with van der Waals surface area (Å²) in [7, 11) is 2.59. The van der Waals surface area contributed by atoms with Crippen molar-refractivity contribution in [3.8, 4) is 22.6 Å². The van der Waals surface area contributed by atoms with Crippen LogP contribution >= 0.6 is 0 Å². The van der Waals surface area contributed by atoms with Gasteiger partial charge in [0, 0.05) is 29.6 Å². The molecule has 62 heavy (non-hydrogen) atoms. The summed E-state index contributed by atoms with van der Waals surface area (Å²) < 4.78 is 16.2. The lowest BCUT2D eigenvalue weighted by molar-refractivity contribution is -0.135. The summed E-state index contributed by atoms with van der Waals surface area (Å²) in [4.78, 5) is 68.5. The van der Waals surface area contributed by atoms with E-state index >= 15 is 0 Å². The number of fused-ring (bicyclic) bond motifs is 3. The molecule has 0 aliphatic carbocycles. The lowest BCUT2D eigenvalue weighted by Crippen LogP contribution is -2.54. The number of benzene rings is 3. The van der Waals surface area contributed by atoms with Gasteiger partial charge in [-0.25, -0.2) is 14.6 Å². The van der Waals surface area contributed by atoms with Crippen LogP contribution in [0.1, 0.15) is 102 Å². The first-order valence-corrected chi connectivity index (χ1v) is 21.8. The van der Waals surface area contributed by atoms with Crippen molar-refractivity contribution in [3.05, 3.63) is 77.1 Å².